The summed E-state index contributed by atoms with van der Waals surface area (Å²) in [4.78, 5) is 8.65. The van der Waals surface area contributed by atoms with Crippen LogP contribution in [0.1, 0.15) is 37.3 Å². The van der Waals surface area contributed by atoms with Crippen LogP contribution >= 0.6 is 11.6 Å². The van der Waals surface area contributed by atoms with Gasteiger partial charge in [-0.25, -0.2) is 4.98 Å². The van der Waals surface area contributed by atoms with E-state index in [1.807, 2.05) is 16.8 Å². The molecule has 0 aliphatic heterocycles. The molecule has 0 radical (unpaired) electrons. The monoisotopic (exact) mass is 408 g/mol. The van der Waals surface area contributed by atoms with Crippen molar-refractivity contribution in [1.82, 2.24) is 14.5 Å². The first-order valence-electron chi connectivity index (χ1n) is 9.26. The van der Waals surface area contributed by atoms with Crippen LogP contribution in [0, 0.1) is 5.92 Å². The van der Waals surface area contributed by atoms with E-state index in [1.54, 1.807) is 0 Å². The molecule has 8 heteroatoms. The molecule has 2 heterocycles. The van der Waals surface area contributed by atoms with Gasteiger partial charge in [0.05, 0.1) is 11.1 Å². The second-order valence-electron chi connectivity index (χ2n) is 7.34. The van der Waals surface area contributed by atoms with Crippen molar-refractivity contribution in [3.8, 4) is 0 Å². The lowest BCUT2D eigenvalue weighted by atomic mass is 9.80. The van der Waals surface area contributed by atoms with E-state index in [0.717, 1.165) is 23.2 Å². The normalized spacial score (nSPS) is 16.2. The van der Waals surface area contributed by atoms with Gasteiger partial charge in [-0.05, 0) is 61.0 Å². The summed E-state index contributed by atoms with van der Waals surface area (Å²) in [6.07, 6.45) is 1.16. The summed E-state index contributed by atoms with van der Waals surface area (Å²) in [5.41, 5.74) is 1.62. The summed E-state index contributed by atoms with van der Waals surface area (Å²) in [6, 6.07) is 7.30. The third kappa shape index (κ3) is 3.81. The quantitative estimate of drug-likeness (QED) is 0.546. The lowest BCUT2D eigenvalue weighted by Gasteiger charge is -2.32. The molecule has 1 aromatic carbocycles. The third-order valence-electron chi connectivity index (χ3n) is 5.44. The highest BCUT2D eigenvalue weighted by Gasteiger charge is 2.30. The molecular weight excluding hydrogens is 389 g/mol. The van der Waals surface area contributed by atoms with Crippen molar-refractivity contribution in [1.29, 1.82) is 0 Å². The van der Waals surface area contributed by atoms with Crippen LogP contribution in [-0.4, -0.2) is 20.6 Å². The fraction of sp³-hybridized carbons (Fsp3) is 0.400. The Morgan fingerprint density at radius 2 is 1.89 bits per heavy atom. The molecule has 0 spiro atoms. The van der Waals surface area contributed by atoms with E-state index in [9.17, 15) is 13.2 Å². The maximum Gasteiger partial charge on any atom is 0.416 e. The van der Waals surface area contributed by atoms with Crippen LogP contribution in [-0.2, 0) is 12.7 Å². The lowest BCUT2D eigenvalue weighted by Crippen LogP contribution is -2.31. The smallest absolute Gasteiger partial charge is 0.365 e. The van der Waals surface area contributed by atoms with Gasteiger partial charge in [0.1, 0.15) is 5.52 Å². The molecule has 1 atom stereocenters. The standard InChI is InChI=1S/C20H20ClF3N4/c1-12(14-3-2-4-14)25-18-17-16(26-19(21)27-18)9-10-28(17)11-13-5-7-15(8-6-13)20(22,23)24/h5-10,12,14H,2-4,11H2,1H3,(H,25,26,27)/t12-/m1/s1. The van der Waals surface area contributed by atoms with Gasteiger partial charge in [-0.3, -0.25) is 0 Å². The predicted molar refractivity (Wildman–Crippen MR) is 104 cm³/mol. The van der Waals surface area contributed by atoms with E-state index >= 15 is 0 Å². The number of halogens is 4. The summed E-state index contributed by atoms with van der Waals surface area (Å²) < 4.78 is 40.3. The number of nitrogens with one attached hydrogen (secondary N) is 1. The molecule has 3 aromatic rings. The first-order valence-corrected chi connectivity index (χ1v) is 9.64. The number of anilines is 1. The summed E-state index contributed by atoms with van der Waals surface area (Å²) in [5, 5.41) is 3.63. The Morgan fingerprint density at radius 1 is 1.18 bits per heavy atom. The average Bonchev–Trinajstić information content (AvgIpc) is 2.95. The van der Waals surface area contributed by atoms with Crippen LogP contribution in [0.2, 0.25) is 5.28 Å². The Bertz CT molecular complexity index is 978. The van der Waals surface area contributed by atoms with Crippen LogP contribution in [0.4, 0.5) is 19.0 Å². The Morgan fingerprint density at radius 3 is 2.50 bits per heavy atom. The lowest BCUT2D eigenvalue weighted by molar-refractivity contribution is -0.137. The van der Waals surface area contributed by atoms with Gasteiger partial charge in [0.25, 0.3) is 0 Å². The molecule has 1 N–H and O–H groups in total. The number of hydrogen-bond donors (Lipinski definition) is 1. The number of nitrogens with zero attached hydrogens (tertiary/aromatic N) is 3. The molecule has 1 aliphatic rings. The van der Waals surface area contributed by atoms with Crippen molar-refractivity contribution >= 4 is 28.5 Å². The number of hydrogen-bond acceptors (Lipinski definition) is 3. The van der Waals surface area contributed by atoms with Crippen LogP contribution in [0.15, 0.2) is 36.5 Å². The summed E-state index contributed by atoms with van der Waals surface area (Å²) >= 11 is 6.09. The maximum atomic E-state index is 12.8. The zero-order valence-corrected chi connectivity index (χ0v) is 16.1. The number of rotatable bonds is 5. The fourth-order valence-electron chi connectivity index (χ4n) is 3.58. The molecule has 4 nitrogen and oxygen atoms in total. The van der Waals surface area contributed by atoms with Crippen LogP contribution < -0.4 is 5.32 Å². The predicted octanol–water partition coefficient (Wildman–Crippen LogP) is 5.75. The van der Waals surface area contributed by atoms with Crippen molar-refractivity contribution in [3.63, 3.8) is 0 Å². The second kappa shape index (κ2) is 7.28. The van der Waals surface area contributed by atoms with Crippen molar-refractivity contribution in [2.24, 2.45) is 5.92 Å². The highest BCUT2D eigenvalue weighted by molar-refractivity contribution is 6.28. The zero-order valence-electron chi connectivity index (χ0n) is 15.3. The Balaban J connectivity index is 1.64. The first-order chi connectivity index (χ1) is 13.3. The highest BCUT2D eigenvalue weighted by Crippen LogP contribution is 2.33. The van der Waals surface area contributed by atoms with Gasteiger partial charge in [-0.1, -0.05) is 18.6 Å². The van der Waals surface area contributed by atoms with Gasteiger partial charge < -0.3 is 9.88 Å². The SMILES string of the molecule is C[C@@H](Nc1nc(Cl)nc2ccn(Cc3ccc(C(F)(F)F)cc3)c12)C1CCC1. The fourth-order valence-corrected chi connectivity index (χ4v) is 3.76. The van der Waals surface area contributed by atoms with Crippen molar-refractivity contribution < 1.29 is 13.2 Å². The maximum absolute atomic E-state index is 12.8. The van der Waals surface area contributed by atoms with Crippen molar-refractivity contribution in [2.75, 3.05) is 5.32 Å². The van der Waals surface area contributed by atoms with Gasteiger partial charge >= 0.3 is 6.18 Å². The third-order valence-corrected chi connectivity index (χ3v) is 5.61. The van der Waals surface area contributed by atoms with Gasteiger partial charge in [0, 0.05) is 18.8 Å². The van der Waals surface area contributed by atoms with Gasteiger partial charge in [0.15, 0.2) is 5.82 Å². The first kappa shape index (κ1) is 19.1. The molecule has 0 amide bonds. The summed E-state index contributed by atoms with van der Waals surface area (Å²) in [7, 11) is 0. The van der Waals surface area contributed by atoms with Crippen LogP contribution in [0.5, 0.6) is 0 Å². The van der Waals surface area contributed by atoms with Gasteiger partial charge in [0.2, 0.25) is 5.28 Å². The molecule has 28 heavy (non-hydrogen) atoms. The molecule has 0 unspecified atom stereocenters. The highest BCUT2D eigenvalue weighted by atomic mass is 35.5. The molecule has 1 aliphatic carbocycles. The molecule has 2 aromatic heterocycles. The number of fused-ring (bicyclic) bond motifs is 1. The summed E-state index contributed by atoms with van der Waals surface area (Å²) in [6.45, 7) is 2.55. The molecule has 148 valence electrons. The average molecular weight is 409 g/mol. The Hall–Kier alpha value is -2.28. The van der Waals surface area contributed by atoms with Gasteiger partial charge in [-0.2, -0.15) is 18.2 Å². The van der Waals surface area contributed by atoms with E-state index in [2.05, 4.69) is 22.2 Å². The van der Waals surface area contributed by atoms with Gasteiger partial charge in [-0.15, -0.1) is 0 Å². The number of benzene rings is 1. The molecular formula is C20H20ClF3N4. The molecule has 1 saturated carbocycles. The minimum Gasteiger partial charge on any atom is -0.365 e. The topological polar surface area (TPSA) is 42.7 Å². The van der Waals surface area contributed by atoms with Crippen molar-refractivity contribution in [3.05, 3.63) is 52.9 Å². The number of alkyl halides is 3. The van der Waals surface area contributed by atoms with Crippen molar-refractivity contribution in [2.45, 2.75) is 44.9 Å². The molecule has 0 saturated heterocycles. The largest absolute Gasteiger partial charge is 0.416 e. The Labute approximate surface area is 165 Å². The minimum atomic E-state index is -4.34. The van der Waals surface area contributed by atoms with E-state index in [4.69, 9.17) is 11.6 Å². The van der Waals surface area contributed by atoms with E-state index in [0.29, 0.717) is 23.8 Å². The zero-order chi connectivity index (χ0) is 19.9. The number of aromatic nitrogens is 3. The van der Waals surface area contributed by atoms with Crippen LogP contribution in [0.3, 0.4) is 0 Å². The van der Waals surface area contributed by atoms with Crippen LogP contribution in [0.25, 0.3) is 11.0 Å². The summed E-state index contributed by atoms with van der Waals surface area (Å²) in [5.74, 6) is 1.27. The molecule has 1 fully saturated rings. The Kier molecular flexibility index (Phi) is 4.95. The minimum absolute atomic E-state index is 0.170. The molecule has 0 bridgehead atoms. The second-order valence-corrected chi connectivity index (χ2v) is 7.68. The van der Waals surface area contributed by atoms with E-state index in [-0.39, 0.29) is 11.3 Å². The van der Waals surface area contributed by atoms with E-state index < -0.39 is 11.7 Å². The molecule has 4 rings (SSSR count). The van der Waals surface area contributed by atoms with E-state index in [1.165, 1.54) is 31.4 Å².